The highest BCUT2D eigenvalue weighted by molar-refractivity contribution is 5.23. The lowest BCUT2D eigenvalue weighted by molar-refractivity contribution is 0.299. The van der Waals surface area contributed by atoms with Crippen LogP contribution in [0.1, 0.15) is 11.1 Å². The Balaban J connectivity index is 2.74. The van der Waals surface area contributed by atoms with Crippen molar-refractivity contribution >= 4 is 0 Å². The Hall–Kier alpha value is -0.860. The first-order chi connectivity index (χ1) is 5.36. The van der Waals surface area contributed by atoms with Crippen molar-refractivity contribution in [3.63, 3.8) is 0 Å². The molecule has 0 amide bonds. The number of hydrogen-bond donors (Lipinski definition) is 2. The zero-order valence-corrected chi connectivity index (χ0v) is 6.46. The van der Waals surface area contributed by atoms with Crippen molar-refractivity contribution in [3.05, 3.63) is 35.4 Å². The summed E-state index contributed by atoms with van der Waals surface area (Å²) in [6.07, 6.45) is 0.716. The largest absolute Gasteiger partial charge is 0.396 e. The summed E-state index contributed by atoms with van der Waals surface area (Å²) < 4.78 is 0. The summed E-state index contributed by atoms with van der Waals surface area (Å²) in [6.45, 7) is 0.771. The standard InChI is InChI=1S/C9H13NO/c10-7-9-3-1-2-8(6-9)4-5-11/h1-3,6,11H,4-5,7,10H2. The Kier molecular flexibility index (Phi) is 3.08. The lowest BCUT2D eigenvalue weighted by Crippen LogP contribution is -1.98. The Bertz CT molecular complexity index is 223. The van der Waals surface area contributed by atoms with E-state index in [-0.39, 0.29) is 6.61 Å². The van der Waals surface area contributed by atoms with E-state index in [9.17, 15) is 0 Å². The normalized spacial score (nSPS) is 10.0. The van der Waals surface area contributed by atoms with Gasteiger partial charge in [0.1, 0.15) is 0 Å². The van der Waals surface area contributed by atoms with Crippen molar-refractivity contribution in [1.29, 1.82) is 0 Å². The molecule has 3 N–H and O–H groups in total. The van der Waals surface area contributed by atoms with E-state index < -0.39 is 0 Å². The predicted molar refractivity (Wildman–Crippen MR) is 45.1 cm³/mol. The minimum Gasteiger partial charge on any atom is -0.396 e. The first-order valence-electron chi connectivity index (χ1n) is 3.75. The number of nitrogens with two attached hydrogens (primary N) is 1. The molecule has 0 aliphatic carbocycles. The van der Waals surface area contributed by atoms with Gasteiger partial charge in [0.25, 0.3) is 0 Å². The maximum atomic E-state index is 8.65. The monoisotopic (exact) mass is 151 g/mol. The van der Waals surface area contributed by atoms with Gasteiger partial charge in [-0.2, -0.15) is 0 Å². The van der Waals surface area contributed by atoms with Crippen LogP contribution in [-0.4, -0.2) is 11.7 Å². The summed E-state index contributed by atoms with van der Waals surface area (Å²) in [7, 11) is 0. The summed E-state index contributed by atoms with van der Waals surface area (Å²) >= 11 is 0. The number of hydrogen-bond acceptors (Lipinski definition) is 2. The second-order valence-corrected chi connectivity index (χ2v) is 2.50. The van der Waals surface area contributed by atoms with Gasteiger partial charge in [0.2, 0.25) is 0 Å². The van der Waals surface area contributed by atoms with E-state index in [1.165, 1.54) is 0 Å². The lowest BCUT2D eigenvalue weighted by Gasteiger charge is -2.00. The highest BCUT2D eigenvalue weighted by atomic mass is 16.2. The van der Waals surface area contributed by atoms with E-state index in [0.29, 0.717) is 13.0 Å². The van der Waals surface area contributed by atoms with Gasteiger partial charge in [0, 0.05) is 13.2 Å². The van der Waals surface area contributed by atoms with Crippen molar-refractivity contribution in [2.45, 2.75) is 13.0 Å². The summed E-state index contributed by atoms with van der Waals surface area (Å²) in [5.41, 5.74) is 7.72. The van der Waals surface area contributed by atoms with Gasteiger partial charge in [0.15, 0.2) is 0 Å². The van der Waals surface area contributed by atoms with E-state index in [1.807, 2.05) is 24.3 Å². The van der Waals surface area contributed by atoms with Crippen LogP contribution in [-0.2, 0) is 13.0 Å². The summed E-state index contributed by atoms with van der Waals surface area (Å²) in [5.74, 6) is 0. The molecule has 0 heterocycles. The molecule has 0 aliphatic rings. The zero-order chi connectivity index (χ0) is 8.10. The van der Waals surface area contributed by atoms with Crippen LogP contribution in [0.15, 0.2) is 24.3 Å². The Morgan fingerprint density at radius 3 is 2.64 bits per heavy atom. The highest BCUT2D eigenvalue weighted by Gasteiger charge is 1.92. The van der Waals surface area contributed by atoms with Gasteiger partial charge in [-0.05, 0) is 17.5 Å². The molecule has 60 valence electrons. The summed E-state index contributed by atoms with van der Waals surface area (Å²) in [6, 6.07) is 7.97. The second kappa shape index (κ2) is 4.11. The fourth-order valence-corrected chi connectivity index (χ4v) is 1.04. The van der Waals surface area contributed by atoms with E-state index in [2.05, 4.69) is 0 Å². The number of benzene rings is 1. The smallest absolute Gasteiger partial charge is 0.0471 e. The van der Waals surface area contributed by atoms with Gasteiger partial charge in [0.05, 0.1) is 0 Å². The van der Waals surface area contributed by atoms with Gasteiger partial charge >= 0.3 is 0 Å². The van der Waals surface area contributed by atoms with Crippen molar-refractivity contribution in [2.75, 3.05) is 6.61 Å². The van der Waals surface area contributed by atoms with E-state index >= 15 is 0 Å². The molecule has 0 radical (unpaired) electrons. The molecule has 0 saturated heterocycles. The molecule has 2 nitrogen and oxygen atoms in total. The molecule has 1 rings (SSSR count). The van der Waals surface area contributed by atoms with E-state index in [0.717, 1.165) is 11.1 Å². The SMILES string of the molecule is NCc1cccc(CCO)c1. The third-order valence-electron chi connectivity index (χ3n) is 1.63. The number of rotatable bonds is 3. The maximum absolute atomic E-state index is 8.65. The van der Waals surface area contributed by atoms with Crippen molar-refractivity contribution in [3.8, 4) is 0 Å². The molecule has 0 atom stereocenters. The minimum absolute atomic E-state index is 0.202. The average molecular weight is 151 g/mol. The molecular formula is C9H13NO. The van der Waals surface area contributed by atoms with Crippen molar-refractivity contribution in [2.24, 2.45) is 5.73 Å². The van der Waals surface area contributed by atoms with Gasteiger partial charge in [-0.25, -0.2) is 0 Å². The molecule has 11 heavy (non-hydrogen) atoms. The summed E-state index contributed by atoms with van der Waals surface area (Å²) in [5, 5.41) is 8.65. The zero-order valence-electron chi connectivity index (χ0n) is 6.46. The molecule has 0 aromatic heterocycles. The number of aliphatic hydroxyl groups excluding tert-OH is 1. The molecule has 2 heteroatoms. The van der Waals surface area contributed by atoms with Crippen molar-refractivity contribution < 1.29 is 5.11 Å². The highest BCUT2D eigenvalue weighted by Crippen LogP contribution is 2.04. The molecule has 0 saturated carbocycles. The fraction of sp³-hybridized carbons (Fsp3) is 0.333. The topological polar surface area (TPSA) is 46.2 Å². The third kappa shape index (κ3) is 2.33. The molecule has 0 aliphatic heterocycles. The van der Waals surface area contributed by atoms with Gasteiger partial charge in [-0.1, -0.05) is 24.3 Å². The molecule has 0 unspecified atom stereocenters. The molecule has 0 spiro atoms. The molecule has 0 fully saturated rings. The average Bonchev–Trinajstić information content (AvgIpc) is 2.06. The Labute approximate surface area is 66.7 Å². The Morgan fingerprint density at radius 1 is 1.27 bits per heavy atom. The third-order valence-corrected chi connectivity index (χ3v) is 1.63. The van der Waals surface area contributed by atoms with Gasteiger partial charge in [-0.3, -0.25) is 0 Å². The van der Waals surface area contributed by atoms with Gasteiger partial charge in [-0.15, -0.1) is 0 Å². The molecular weight excluding hydrogens is 138 g/mol. The van der Waals surface area contributed by atoms with Crippen LogP contribution in [0, 0.1) is 0 Å². The maximum Gasteiger partial charge on any atom is 0.0471 e. The first-order valence-corrected chi connectivity index (χ1v) is 3.75. The van der Waals surface area contributed by atoms with Crippen LogP contribution in [0.5, 0.6) is 0 Å². The van der Waals surface area contributed by atoms with Crippen molar-refractivity contribution in [1.82, 2.24) is 0 Å². The molecule has 1 aromatic rings. The van der Waals surface area contributed by atoms with Crippen LogP contribution in [0.4, 0.5) is 0 Å². The van der Waals surface area contributed by atoms with Crippen LogP contribution in [0.3, 0.4) is 0 Å². The fourth-order valence-electron chi connectivity index (χ4n) is 1.04. The van der Waals surface area contributed by atoms with Crippen LogP contribution < -0.4 is 5.73 Å². The quantitative estimate of drug-likeness (QED) is 0.667. The lowest BCUT2D eigenvalue weighted by atomic mass is 10.1. The second-order valence-electron chi connectivity index (χ2n) is 2.50. The first kappa shape index (κ1) is 8.24. The van der Waals surface area contributed by atoms with E-state index in [4.69, 9.17) is 10.8 Å². The number of aliphatic hydroxyl groups is 1. The minimum atomic E-state index is 0.202. The molecule has 0 bridgehead atoms. The van der Waals surface area contributed by atoms with E-state index in [1.54, 1.807) is 0 Å². The summed E-state index contributed by atoms with van der Waals surface area (Å²) in [4.78, 5) is 0. The van der Waals surface area contributed by atoms with Crippen LogP contribution in [0.2, 0.25) is 0 Å². The van der Waals surface area contributed by atoms with Gasteiger partial charge < -0.3 is 10.8 Å². The molecule has 1 aromatic carbocycles. The van der Waals surface area contributed by atoms with Crippen LogP contribution >= 0.6 is 0 Å². The predicted octanol–water partition coefficient (Wildman–Crippen LogP) is 0.680. The van der Waals surface area contributed by atoms with Crippen LogP contribution in [0.25, 0.3) is 0 Å². The Morgan fingerprint density at radius 2 is 2.00 bits per heavy atom.